The lowest BCUT2D eigenvalue weighted by atomic mass is 9.87. The normalized spacial score (nSPS) is 21.9. The van der Waals surface area contributed by atoms with Crippen LogP contribution in [-0.4, -0.2) is 29.6 Å². The summed E-state index contributed by atoms with van der Waals surface area (Å²) >= 11 is 6.23. The molecular weight excluding hydrogens is 358 g/mol. The van der Waals surface area contributed by atoms with Crippen molar-refractivity contribution in [2.75, 3.05) is 13.1 Å². The third kappa shape index (κ3) is 3.75. The Morgan fingerprint density at radius 2 is 1.85 bits per heavy atom. The molecule has 0 aromatic heterocycles. The van der Waals surface area contributed by atoms with Crippen molar-refractivity contribution in [1.82, 2.24) is 10.6 Å². The molecule has 2 heterocycles. The number of nitrogens with one attached hydrogen (secondary N) is 2. The highest BCUT2D eigenvalue weighted by atomic mass is 35.5. The highest BCUT2D eigenvalue weighted by Crippen LogP contribution is 2.37. The van der Waals surface area contributed by atoms with Gasteiger partial charge in [0.25, 0.3) is 0 Å². The summed E-state index contributed by atoms with van der Waals surface area (Å²) in [5, 5.41) is 18.3. The van der Waals surface area contributed by atoms with E-state index in [9.17, 15) is 5.11 Å². The Kier molecular flexibility index (Phi) is 4.97. The first kappa shape index (κ1) is 18.5. The van der Waals surface area contributed by atoms with Crippen LogP contribution in [0.3, 0.4) is 0 Å². The average molecular weight is 384 g/mol. The predicted molar refractivity (Wildman–Crippen MR) is 111 cm³/mol. The van der Waals surface area contributed by atoms with E-state index in [0.717, 1.165) is 43.6 Å². The van der Waals surface area contributed by atoms with Gasteiger partial charge in [0.05, 0.1) is 0 Å². The van der Waals surface area contributed by atoms with E-state index in [1.165, 1.54) is 16.7 Å². The minimum atomic E-state index is -0.295. The predicted octanol–water partition coefficient (Wildman–Crippen LogP) is 4.27. The summed E-state index contributed by atoms with van der Waals surface area (Å²) in [6.45, 7) is 6.14. The minimum absolute atomic E-state index is 0.0177. The number of hydrogen-bond donors (Lipinski definition) is 3. The smallest absolute Gasteiger partial charge is 0.120 e. The number of phenolic OH excluding ortho intramolecular Hbond substituents is 1. The molecule has 142 valence electrons. The summed E-state index contributed by atoms with van der Waals surface area (Å²) in [7, 11) is 0. The van der Waals surface area contributed by atoms with E-state index >= 15 is 0 Å². The van der Waals surface area contributed by atoms with Crippen LogP contribution in [0, 0.1) is 13.8 Å². The molecule has 2 aliphatic heterocycles. The number of halogens is 1. The molecule has 5 heteroatoms. The van der Waals surface area contributed by atoms with Crippen LogP contribution < -0.4 is 10.6 Å². The molecule has 27 heavy (non-hydrogen) atoms. The van der Waals surface area contributed by atoms with Crippen molar-refractivity contribution in [1.29, 1.82) is 0 Å². The summed E-state index contributed by atoms with van der Waals surface area (Å²) in [6.07, 6.45) is 2.59. The summed E-state index contributed by atoms with van der Waals surface area (Å²) in [5.41, 5.74) is 5.38. The van der Waals surface area contributed by atoms with E-state index in [-0.39, 0.29) is 17.5 Å². The van der Waals surface area contributed by atoms with Crippen molar-refractivity contribution in [2.45, 2.75) is 44.8 Å². The summed E-state index contributed by atoms with van der Waals surface area (Å²) in [6, 6.07) is 11.8. The SMILES string of the molecule is Cc1ccc(C2=NC3(CCNCC3)N[C@@H](c3cc(Cl)ccc3O)C2)cc1C. The second kappa shape index (κ2) is 7.27. The molecule has 2 aliphatic rings. The number of nitrogens with zero attached hydrogens (tertiary/aromatic N) is 1. The zero-order chi connectivity index (χ0) is 19.0. The molecule has 1 fully saturated rings. The molecule has 4 nitrogen and oxygen atoms in total. The van der Waals surface area contributed by atoms with Gasteiger partial charge in [0.15, 0.2) is 0 Å². The number of hydrogen-bond acceptors (Lipinski definition) is 4. The monoisotopic (exact) mass is 383 g/mol. The standard InChI is InChI=1S/C22H26ClN3O/c1-14-3-4-16(11-15(14)2)19-13-20(18-12-17(23)5-6-21(18)27)26-22(25-19)7-9-24-10-8-22/h3-6,11-12,20,24,26-27H,7-10,13H2,1-2H3/t20-/m1/s1. The van der Waals surface area contributed by atoms with Gasteiger partial charge in [-0.2, -0.15) is 0 Å². The van der Waals surface area contributed by atoms with E-state index in [2.05, 4.69) is 42.7 Å². The molecular formula is C22H26ClN3O. The lowest BCUT2D eigenvalue weighted by molar-refractivity contribution is 0.216. The number of rotatable bonds is 2. The van der Waals surface area contributed by atoms with Gasteiger partial charge in [-0.1, -0.05) is 23.7 Å². The Bertz CT molecular complexity index is 887. The van der Waals surface area contributed by atoms with Crippen LogP contribution in [0.25, 0.3) is 0 Å². The van der Waals surface area contributed by atoms with Crippen molar-refractivity contribution in [3.63, 3.8) is 0 Å². The van der Waals surface area contributed by atoms with E-state index in [1.54, 1.807) is 12.1 Å². The zero-order valence-electron chi connectivity index (χ0n) is 15.8. The number of phenols is 1. The van der Waals surface area contributed by atoms with Crippen LogP contribution in [0.1, 0.15) is 47.6 Å². The van der Waals surface area contributed by atoms with Gasteiger partial charge in [-0.05, 0) is 80.7 Å². The fourth-order valence-corrected chi connectivity index (χ4v) is 4.28. The number of benzene rings is 2. The fourth-order valence-electron chi connectivity index (χ4n) is 4.10. The largest absolute Gasteiger partial charge is 0.508 e. The highest BCUT2D eigenvalue weighted by molar-refractivity contribution is 6.30. The maximum absolute atomic E-state index is 10.5. The Morgan fingerprint density at radius 1 is 1.07 bits per heavy atom. The van der Waals surface area contributed by atoms with Gasteiger partial charge < -0.3 is 10.4 Å². The third-order valence-electron chi connectivity index (χ3n) is 5.83. The van der Waals surface area contributed by atoms with Gasteiger partial charge in [0.1, 0.15) is 11.4 Å². The van der Waals surface area contributed by atoms with Crippen molar-refractivity contribution in [2.24, 2.45) is 4.99 Å². The van der Waals surface area contributed by atoms with Crippen molar-refractivity contribution in [3.05, 3.63) is 63.7 Å². The lowest BCUT2D eigenvalue weighted by Gasteiger charge is -2.42. The van der Waals surface area contributed by atoms with Crippen molar-refractivity contribution in [3.8, 4) is 5.75 Å². The maximum Gasteiger partial charge on any atom is 0.120 e. The summed E-state index contributed by atoms with van der Waals surface area (Å²) < 4.78 is 0. The molecule has 2 aromatic rings. The van der Waals surface area contributed by atoms with Gasteiger partial charge in [-0.3, -0.25) is 10.3 Å². The molecule has 0 bridgehead atoms. The minimum Gasteiger partial charge on any atom is -0.508 e. The van der Waals surface area contributed by atoms with Gasteiger partial charge >= 0.3 is 0 Å². The first-order chi connectivity index (χ1) is 13.0. The number of aromatic hydroxyl groups is 1. The quantitative estimate of drug-likeness (QED) is 0.726. The Labute approximate surface area is 165 Å². The molecule has 3 N–H and O–H groups in total. The van der Waals surface area contributed by atoms with Crippen LogP contribution in [0.2, 0.25) is 5.02 Å². The second-order valence-corrected chi connectivity index (χ2v) is 8.18. The number of aryl methyl sites for hydroxylation is 2. The molecule has 0 radical (unpaired) electrons. The summed E-state index contributed by atoms with van der Waals surface area (Å²) in [4.78, 5) is 5.19. The first-order valence-electron chi connectivity index (χ1n) is 9.59. The van der Waals surface area contributed by atoms with Crippen LogP contribution >= 0.6 is 11.6 Å². The van der Waals surface area contributed by atoms with Crippen LogP contribution in [0.5, 0.6) is 5.75 Å². The van der Waals surface area contributed by atoms with E-state index in [1.807, 2.05) is 6.07 Å². The van der Waals surface area contributed by atoms with Gasteiger partial charge in [-0.15, -0.1) is 0 Å². The molecule has 0 unspecified atom stereocenters. The third-order valence-corrected chi connectivity index (χ3v) is 6.06. The summed E-state index contributed by atoms with van der Waals surface area (Å²) in [5.74, 6) is 0.280. The lowest BCUT2D eigenvalue weighted by Crippen LogP contribution is -2.55. The number of piperidine rings is 1. The molecule has 0 amide bonds. The van der Waals surface area contributed by atoms with E-state index in [0.29, 0.717) is 5.02 Å². The van der Waals surface area contributed by atoms with Crippen LogP contribution in [0.15, 0.2) is 41.4 Å². The number of aliphatic imine (C=N–C) groups is 1. The molecule has 4 rings (SSSR count). The molecule has 0 aliphatic carbocycles. The molecule has 1 spiro atoms. The molecule has 1 atom stereocenters. The van der Waals surface area contributed by atoms with Gasteiger partial charge in [0, 0.05) is 28.8 Å². The Hall–Kier alpha value is -1.88. The van der Waals surface area contributed by atoms with E-state index in [4.69, 9.17) is 16.6 Å². The zero-order valence-corrected chi connectivity index (χ0v) is 16.6. The molecule has 2 aromatic carbocycles. The van der Waals surface area contributed by atoms with Gasteiger partial charge in [-0.25, -0.2) is 0 Å². The average Bonchev–Trinajstić information content (AvgIpc) is 2.66. The fraction of sp³-hybridized carbons (Fsp3) is 0.409. The maximum atomic E-state index is 10.5. The van der Waals surface area contributed by atoms with Crippen LogP contribution in [-0.2, 0) is 0 Å². The second-order valence-electron chi connectivity index (χ2n) is 7.74. The Balaban J connectivity index is 1.77. The topological polar surface area (TPSA) is 56.7 Å². The van der Waals surface area contributed by atoms with E-state index < -0.39 is 0 Å². The first-order valence-corrected chi connectivity index (χ1v) is 9.97. The van der Waals surface area contributed by atoms with Gasteiger partial charge in [0.2, 0.25) is 0 Å². The Morgan fingerprint density at radius 3 is 2.59 bits per heavy atom. The van der Waals surface area contributed by atoms with Crippen molar-refractivity contribution < 1.29 is 5.11 Å². The molecule has 0 saturated carbocycles. The molecule has 1 saturated heterocycles. The van der Waals surface area contributed by atoms with Crippen LogP contribution in [0.4, 0.5) is 0 Å². The highest BCUT2D eigenvalue weighted by Gasteiger charge is 2.39. The van der Waals surface area contributed by atoms with Crippen molar-refractivity contribution >= 4 is 17.3 Å².